The van der Waals surface area contributed by atoms with Gasteiger partial charge >= 0.3 is 5.97 Å². The second-order valence-corrected chi connectivity index (χ2v) is 9.15. The first kappa shape index (κ1) is 24.2. The minimum absolute atomic E-state index is 0.00749. The van der Waals surface area contributed by atoms with Gasteiger partial charge in [-0.15, -0.1) is 0 Å². The summed E-state index contributed by atoms with van der Waals surface area (Å²) in [5, 5.41) is 0. The van der Waals surface area contributed by atoms with E-state index in [-0.39, 0.29) is 29.2 Å². The molecule has 35 heavy (non-hydrogen) atoms. The van der Waals surface area contributed by atoms with Crippen molar-refractivity contribution in [1.82, 2.24) is 9.47 Å². The molecule has 0 aliphatic carbocycles. The molecule has 8 heteroatoms. The minimum atomic E-state index is -1.11. The molecule has 2 amide bonds. The van der Waals surface area contributed by atoms with E-state index in [4.69, 9.17) is 9.15 Å². The van der Waals surface area contributed by atoms with Crippen molar-refractivity contribution in [2.45, 2.75) is 46.7 Å². The summed E-state index contributed by atoms with van der Waals surface area (Å²) in [6.07, 6.45) is 1.83. The second kappa shape index (κ2) is 9.74. The molecule has 1 atom stereocenters. The van der Waals surface area contributed by atoms with Gasteiger partial charge in [-0.25, -0.2) is 4.79 Å². The van der Waals surface area contributed by atoms with E-state index in [1.807, 2.05) is 38.3 Å². The third-order valence-electron chi connectivity index (χ3n) is 6.22. The van der Waals surface area contributed by atoms with E-state index in [2.05, 4.69) is 0 Å². The van der Waals surface area contributed by atoms with Gasteiger partial charge in [-0.3, -0.25) is 19.3 Å². The Hall–Kier alpha value is -3.94. The number of hydrogen-bond acceptors (Lipinski definition) is 6. The largest absolute Gasteiger partial charge is 0.467 e. The highest BCUT2D eigenvalue weighted by Crippen LogP contribution is 2.27. The molecule has 0 spiro atoms. The van der Waals surface area contributed by atoms with E-state index >= 15 is 0 Å². The summed E-state index contributed by atoms with van der Waals surface area (Å²) >= 11 is 0. The third-order valence-corrected chi connectivity index (χ3v) is 6.22. The molecule has 1 unspecified atom stereocenters. The van der Waals surface area contributed by atoms with Crippen LogP contribution >= 0.6 is 0 Å². The Labute approximate surface area is 203 Å². The second-order valence-electron chi connectivity index (χ2n) is 9.15. The molecular formula is C27H28N2O6. The molecule has 0 N–H and O–H groups in total. The zero-order chi connectivity index (χ0) is 25.3. The highest BCUT2D eigenvalue weighted by atomic mass is 16.5. The van der Waals surface area contributed by atoms with Crippen LogP contribution in [0.5, 0.6) is 0 Å². The van der Waals surface area contributed by atoms with Gasteiger partial charge in [-0.1, -0.05) is 26.0 Å². The van der Waals surface area contributed by atoms with Gasteiger partial charge in [0.25, 0.3) is 11.8 Å². The number of aryl methyl sites for hydroxylation is 1. The number of nitrogens with zero attached hydrogens (tertiary/aromatic N) is 2. The molecule has 1 aliphatic rings. The van der Waals surface area contributed by atoms with Crippen LogP contribution in [0.4, 0.5) is 0 Å². The maximum absolute atomic E-state index is 13.1. The maximum Gasteiger partial charge on any atom is 0.329 e. The Balaban J connectivity index is 1.49. The Bertz CT molecular complexity index is 1250. The number of rotatable bonds is 9. The zero-order valence-corrected chi connectivity index (χ0v) is 20.2. The molecule has 0 radical (unpaired) electrons. The van der Waals surface area contributed by atoms with E-state index in [9.17, 15) is 19.2 Å². The molecule has 1 aromatic carbocycles. The minimum Gasteiger partial charge on any atom is -0.467 e. The summed E-state index contributed by atoms with van der Waals surface area (Å²) in [7, 11) is 0. The first-order chi connectivity index (χ1) is 16.7. The Morgan fingerprint density at radius 2 is 1.66 bits per heavy atom. The fraction of sp³-hybridized carbons (Fsp3) is 0.333. The van der Waals surface area contributed by atoms with Crippen LogP contribution in [0.25, 0.3) is 0 Å². The summed E-state index contributed by atoms with van der Waals surface area (Å²) in [5.41, 5.74) is 2.58. The number of amides is 2. The first-order valence-corrected chi connectivity index (χ1v) is 11.5. The van der Waals surface area contributed by atoms with Crippen LogP contribution in [0.1, 0.15) is 68.5 Å². The van der Waals surface area contributed by atoms with Crippen molar-refractivity contribution in [3.05, 3.63) is 82.6 Å². The van der Waals surface area contributed by atoms with Crippen LogP contribution in [-0.4, -0.2) is 45.7 Å². The van der Waals surface area contributed by atoms with Gasteiger partial charge in [0.2, 0.25) is 5.78 Å². The van der Waals surface area contributed by atoms with Gasteiger partial charge in [0, 0.05) is 17.0 Å². The summed E-state index contributed by atoms with van der Waals surface area (Å²) in [5.74, 6) is -1.42. The lowest BCUT2D eigenvalue weighted by atomic mass is 10.0. The Kier molecular flexibility index (Phi) is 6.73. The fourth-order valence-corrected chi connectivity index (χ4v) is 4.44. The Morgan fingerprint density at radius 3 is 2.23 bits per heavy atom. The number of benzene rings is 1. The topological polar surface area (TPSA) is 98.8 Å². The van der Waals surface area contributed by atoms with Crippen molar-refractivity contribution in [3.8, 4) is 0 Å². The SMILES string of the molecule is Cc1cc(C(=O)COC(=O)C(CC(C)C)N2C(=O)c3ccccc3C2=O)c(C)n1Cc1ccco1. The van der Waals surface area contributed by atoms with Crippen LogP contribution < -0.4 is 0 Å². The summed E-state index contributed by atoms with van der Waals surface area (Å²) < 4.78 is 12.7. The van der Waals surface area contributed by atoms with Crippen molar-refractivity contribution in [2.24, 2.45) is 5.92 Å². The number of fused-ring (bicyclic) bond motifs is 1. The molecule has 8 nitrogen and oxygen atoms in total. The zero-order valence-electron chi connectivity index (χ0n) is 20.2. The van der Waals surface area contributed by atoms with Crippen molar-refractivity contribution in [2.75, 3.05) is 6.61 Å². The molecule has 3 aromatic rings. The van der Waals surface area contributed by atoms with Crippen LogP contribution in [0.3, 0.4) is 0 Å². The first-order valence-electron chi connectivity index (χ1n) is 11.5. The van der Waals surface area contributed by atoms with Crippen molar-refractivity contribution in [1.29, 1.82) is 0 Å². The molecule has 0 saturated carbocycles. The average Bonchev–Trinajstić information content (AvgIpc) is 3.51. The smallest absolute Gasteiger partial charge is 0.329 e. The summed E-state index contributed by atoms with van der Waals surface area (Å²) in [6, 6.07) is 10.8. The highest BCUT2D eigenvalue weighted by molar-refractivity contribution is 6.22. The molecule has 182 valence electrons. The van der Waals surface area contributed by atoms with Crippen LogP contribution in [0.2, 0.25) is 0 Å². The molecule has 0 saturated heterocycles. The number of esters is 1. The summed E-state index contributed by atoms with van der Waals surface area (Å²) in [4.78, 5) is 52.8. The van der Waals surface area contributed by atoms with Crippen LogP contribution in [0.15, 0.2) is 53.1 Å². The molecule has 0 fully saturated rings. The molecule has 3 heterocycles. The van der Waals surface area contributed by atoms with E-state index in [1.54, 1.807) is 42.7 Å². The normalized spacial score (nSPS) is 13.9. The quantitative estimate of drug-likeness (QED) is 0.261. The number of carbonyl (C=O) groups is 4. The lowest BCUT2D eigenvalue weighted by Crippen LogP contribution is -2.46. The number of hydrogen-bond donors (Lipinski definition) is 0. The van der Waals surface area contributed by atoms with Gasteiger partial charge in [0.1, 0.15) is 11.8 Å². The predicted octanol–water partition coefficient (Wildman–Crippen LogP) is 4.18. The van der Waals surface area contributed by atoms with E-state index < -0.39 is 30.4 Å². The number of carbonyl (C=O) groups excluding carboxylic acids is 4. The lowest BCUT2D eigenvalue weighted by molar-refractivity contribution is -0.147. The van der Waals surface area contributed by atoms with E-state index in [1.165, 1.54) is 0 Å². The highest BCUT2D eigenvalue weighted by Gasteiger charge is 2.43. The maximum atomic E-state index is 13.1. The number of ketones is 1. The fourth-order valence-electron chi connectivity index (χ4n) is 4.44. The molecule has 2 aromatic heterocycles. The lowest BCUT2D eigenvalue weighted by Gasteiger charge is -2.25. The van der Waals surface area contributed by atoms with Gasteiger partial charge in [0.05, 0.1) is 23.9 Å². The van der Waals surface area contributed by atoms with Crippen LogP contribution in [-0.2, 0) is 16.1 Å². The average molecular weight is 477 g/mol. The van der Waals surface area contributed by atoms with E-state index in [0.717, 1.165) is 22.0 Å². The molecule has 0 bridgehead atoms. The molecule has 1 aliphatic heterocycles. The third kappa shape index (κ3) is 4.69. The van der Waals surface area contributed by atoms with Gasteiger partial charge in [-0.05, 0) is 56.5 Å². The summed E-state index contributed by atoms with van der Waals surface area (Å²) in [6.45, 7) is 7.48. The monoisotopic (exact) mass is 476 g/mol. The number of Topliss-reactive ketones (excluding diaryl/α,β-unsaturated/α-hetero) is 1. The number of furan rings is 1. The number of ether oxygens (including phenoxy) is 1. The standard InChI is InChI=1S/C27H28N2O6/c1-16(2)12-23(29-25(31)20-9-5-6-10-21(20)26(29)32)27(33)35-15-24(30)22-13-17(3)28(18(22)4)14-19-8-7-11-34-19/h5-11,13,16,23H,12,14-15H2,1-4H3. The molecular weight excluding hydrogens is 448 g/mol. The van der Waals surface area contributed by atoms with Crippen LogP contribution in [0, 0.1) is 19.8 Å². The molecule has 4 rings (SSSR count). The van der Waals surface area contributed by atoms with Gasteiger partial charge < -0.3 is 13.7 Å². The van der Waals surface area contributed by atoms with Crippen molar-refractivity contribution in [3.63, 3.8) is 0 Å². The van der Waals surface area contributed by atoms with Crippen molar-refractivity contribution >= 4 is 23.6 Å². The van der Waals surface area contributed by atoms with Crippen molar-refractivity contribution < 1.29 is 28.3 Å². The number of imide groups is 1. The predicted molar refractivity (Wildman–Crippen MR) is 127 cm³/mol. The van der Waals surface area contributed by atoms with Gasteiger partial charge in [-0.2, -0.15) is 0 Å². The Morgan fingerprint density at radius 1 is 1.00 bits per heavy atom. The number of aromatic nitrogens is 1. The van der Waals surface area contributed by atoms with Gasteiger partial charge in [0.15, 0.2) is 6.61 Å². The van der Waals surface area contributed by atoms with E-state index in [0.29, 0.717) is 12.1 Å².